The van der Waals surface area contributed by atoms with Crippen LogP contribution >= 0.6 is 0 Å². The number of rotatable bonds is 5. The minimum absolute atomic E-state index is 0.000469. The van der Waals surface area contributed by atoms with Crippen LogP contribution in [-0.2, 0) is 56.4 Å². The summed E-state index contributed by atoms with van der Waals surface area (Å²) < 4.78 is 10.2. The zero-order valence-electron chi connectivity index (χ0n) is 47.1. The Balaban J connectivity index is 1.17. The number of aryl methyl sites for hydroxylation is 2. The van der Waals surface area contributed by atoms with Crippen molar-refractivity contribution < 1.29 is 9.13 Å². The second-order valence-electron chi connectivity index (χ2n) is 29.1. The Labute approximate surface area is 412 Å². The van der Waals surface area contributed by atoms with E-state index in [1.165, 1.54) is 77.9 Å². The molecular formula is C64H88N4+2. The summed E-state index contributed by atoms with van der Waals surface area (Å²) in [6.45, 7) is 61.0. The molecule has 4 aliphatic carbocycles. The molecule has 0 aliphatic heterocycles. The molecule has 0 unspecified atom stereocenters. The van der Waals surface area contributed by atoms with E-state index in [1.54, 1.807) is 0 Å². The number of aromatic nitrogens is 4. The lowest BCUT2D eigenvalue weighted by Gasteiger charge is -2.44. The highest BCUT2D eigenvalue weighted by molar-refractivity contribution is 5.80. The third-order valence-corrected chi connectivity index (χ3v) is 24.9. The lowest BCUT2D eigenvalue weighted by atomic mass is 9.59. The molecule has 0 saturated heterocycles. The molecule has 0 spiro atoms. The van der Waals surface area contributed by atoms with Gasteiger partial charge < -0.3 is 0 Å². The molecule has 2 heterocycles. The number of hydrogen-bond donors (Lipinski definition) is 0. The average Bonchev–Trinajstić information content (AvgIpc) is 3.89. The predicted octanol–water partition coefficient (Wildman–Crippen LogP) is 15.2. The molecule has 0 saturated carbocycles. The zero-order valence-corrected chi connectivity index (χ0v) is 47.1. The van der Waals surface area contributed by atoms with Gasteiger partial charge in [-0.3, -0.25) is 0 Å². The first kappa shape index (κ1) is 47.5. The van der Waals surface area contributed by atoms with Gasteiger partial charge >= 0.3 is 0 Å². The molecule has 362 valence electrons. The maximum atomic E-state index is 2.59. The second kappa shape index (κ2) is 13.0. The van der Waals surface area contributed by atoms with Crippen molar-refractivity contribution >= 4 is 22.1 Å². The van der Waals surface area contributed by atoms with Crippen molar-refractivity contribution in [1.29, 1.82) is 0 Å². The molecule has 4 nitrogen and oxygen atoms in total. The van der Waals surface area contributed by atoms with E-state index in [0.717, 1.165) is 13.1 Å². The number of benzene rings is 4. The molecule has 4 aromatic carbocycles. The van der Waals surface area contributed by atoms with Crippen molar-refractivity contribution in [2.24, 2.45) is 21.7 Å². The fourth-order valence-corrected chi connectivity index (χ4v) is 14.9. The smallest absolute Gasteiger partial charge is 0.225 e. The fourth-order valence-electron chi connectivity index (χ4n) is 14.9. The van der Waals surface area contributed by atoms with E-state index in [0.29, 0.717) is 0 Å². The number of imidazole rings is 2. The van der Waals surface area contributed by atoms with Crippen molar-refractivity contribution in [2.75, 3.05) is 0 Å². The topological polar surface area (TPSA) is 17.6 Å². The van der Waals surface area contributed by atoms with Crippen LogP contribution in [0.5, 0.6) is 0 Å². The molecule has 4 aliphatic rings. The Morgan fingerprint density at radius 3 is 0.809 bits per heavy atom. The molecule has 0 atom stereocenters. The average molecular weight is 913 g/mol. The molecule has 6 aromatic rings. The Morgan fingerprint density at radius 1 is 0.294 bits per heavy atom. The fraction of sp³-hybridized carbons (Fsp3) is 0.594. The van der Waals surface area contributed by atoms with Crippen molar-refractivity contribution in [3.63, 3.8) is 0 Å². The summed E-state index contributed by atoms with van der Waals surface area (Å²) in [7, 11) is 0. The van der Waals surface area contributed by atoms with Gasteiger partial charge in [-0.15, -0.1) is 0 Å². The third-order valence-electron chi connectivity index (χ3n) is 24.9. The van der Waals surface area contributed by atoms with E-state index in [1.807, 2.05) is 0 Å². The number of fused-ring (bicyclic) bond motifs is 6. The Hall–Kier alpha value is -4.18. The van der Waals surface area contributed by atoms with Gasteiger partial charge in [0.2, 0.25) is 12.7 Å². The zero-order chi connectivity index (χ0) is 50.3. The minimum Gasteiger partial charge on any atom is -0.225 e. The van der Waals surface area contributed by atoms with Crippen LogP contribution in [0.1, 0.15) is 211 Å². The Kier molecular flexibility index (Phi) is 9.09. The molecule has 0 amide bonds. The summed E-state index contributed by atoms with van der Waals surface area (Å²) in [5.74, 6) is 0. The van der Waals surface area contributed by atoms with Crippen LogP contribution in [0.25, 0.3) is 33.4 Å². The monoisotopic (exact) mass is 913 g/mol. The largest absolute Gasteiger partial charge is 0.250 e. The van der Waals surface area contributed by atoms with E-state index in [-0.39, 0.29) is 65.0 Å². The molecule has 0 N–H and O–H groups in total. The summed E-state index contributed by atoms with van der Waals surface area (Å²) in [5, 5.41) is 0. The lowest BCUT2D eigenvalue weighted by molar-refractivity contribution is -0.755. The first-order valence-corrected chi connectivity index (χ1v) is 26.3. The highest BCUT2D eigenvalue weighted by Gasteiger charge is 2.61. The summed E-state index contributed by atoms with van der Waals surface area (Å²) >= 11 is 0. The minimum atomic E-state index is 0.000469. The SMILES string of the molecule is CC1(C)c2ccc(-n3c[n+](CC[n+]4cn(-c5ccc6c(c5)C(C)(C)C(C)(C)C6(C)C)c5cc6c(cc54)C(C)(C)C(C)(C)C6(C)C)c4cc5c(cc43)C(C)(C)C(C)(C)C5(C)C)cc2C(C)(C)C1(C)C. The van der Waals surface area contributed by atoms with Crippen LogP contribution in [-0.4, -0.2) is 9.13 Å². The van der Waals surface area contributed by atoms with Crippen molar-refractivity contribution in [2.45, 2.75) is 223 Å². The van der Waals surface area contributed by atoms with Crippen LogP contribution < -0.4 is 9.13 Å². The third kappa shape index (κ3) is 5.15. The highest BCUT2D eigenvalue weighted by atomic mass is 15.2. The first-order chi connectivity index (χ1) is 30.8. The summed E-state index contributed by atoms with van der Waals surface area (Å²) in [6, 6.07) is 25.1. The van der Waals surface area contributed by atoms with Crippen LogP contribution in [0, 0.1) is 21.7 Å². The van der Waals surface area contributed by atoms with Crippen LogP contribution in [0.2, 0.25) is 0 Å². The van der Waals surface area contributed by atoms with Crippen LogP contribution in [0.4, 0.5) is 0 Å². The van der Waals surface area contributed by atoms with E-state index in [2.05, 4.69) is 258 Å². The van der Waals surface area contributed by atoms with E-state index >= 15 is 0 Å². The van der Waals surface area contributed by atoms with E-state index in [9.17, 15) is 0 Å². The van der Waals surface area contributed by atoms with Gasteiger partial charge in [-0.05, 0) is 158 Å². The van der Waals surface area contributed by atoms with Gasteiger partial charge in [0.1, 0.15) is 24.5 Å². The lowest BCUT2D eigenvalue weighted by Crippen LogP contribution is -2.44. The van der Waals surface area contributed by atoms with Crippen LogP contribution in [0.15, 0.2) is 73.3 Å². The van der Waals surface area contributed by atoms with Crippen molar-refractivity contribution in [3.05, 3.63) is 118 Å². The Bertz CT molecular complexity index is 2960. The van der Waals surface area contributed by atoms with E-state index < -0.39 is 0 Å². The normalized spacial score (nSPS) is 24.5. The molecular weight excluding hydrogens is 825 g/mol. The molecule has 10 rings (SSSR count). The van der Waals surface area contributed by atoms with Gasteiger partial charge in [0.05, 0.1) is 0 Å². The van der Waals surface area contributed by atoms with Crippen LogP contribution in [0.3, 0.4) is 0 Å². The van der Waals surface area contributed by atoms with Crippen molar-refractivity contribution in [1.82, 2.24) is 9.13 Å². The van der Waals surface area contributed by atoms with Gasteiger partial charge in [0.25, 0.3) is 0 Å². The maximum Gasteiger partial charge on any atom is 0.250 e. The van der Waals surface area contributed by atoms with E-state index in [4.69, 9.17) is 0 Å². The molecule has 68 heavy (non-hydrogen) atoms. The molecule has 0 fully saturated rings. The second-order valence-corrected chi connectivity index (χ2v) is 29.1. The first-order valence-electron chi connectivity index (χ1n) is 26.3. The Morgan fingerprint density at radius 2 is 0.529 bits per heavy atom. The summed E-state index contributed by atoms with van der Waals surface area (Å²) in [6.07, 6.45) is 4.87. The maximum absolute atomic E-state index is 2.59. The van der Waals surface area contributed by atoms with Gasteiger partial charge in [-0.2, -0.15) is 9.13 Å². The van der Waals surface area contributed by atoms with Gasteiger partial charge in [-0.25, -0.2) is 9.13 Å². The standard InChI is InChI=1S/C64H88N4/c1-53(2)41-27-25-39(31-43(41)55(5,6)61(53,17)18)67-37-65(49-33-45-47(35-51(49)67)59(13,14)63(21,22)57(45,9)10)29-30-66-38-68(40-26-28-42-44(32-40)56(7,8)62(19,20)54(42,3)4)52-36-48-46(34-50(52)66)58(11,12)64(23,24)60(48,15)16/h25-28,31-38H,29-30H2,1-24H3/q+2. The quantitative estimate of drug-likeness (QED) is 0.153. The summed E-state index contributed by atoms with van der Waals surface area (Å²) in [4.78, 5) is 0. The predicted molar refractivity (Wildman–Crippen MR) is 286 cm³/mol. The molecule has 0 bridgehead atoms. The number of nitrogens with zero attached hydrogens (tertiary/aromatic N) is 4. The van der Waals surface area contributed by atoms with Crippen molar-refractivity contribution in [3.8, 4) is 11.4 Å². The van der Waals surface area contributed by atoms with Gasteiger partial charge in [0, 0.05) is 0 Å². The number of hydrogen-bond acceptors (Lipinski definition) is 0. The molecule has 2 aromatic heterocycles. The van der Waals surface area contributed by atoms with Gasteiger partial charge in [-0.1, -0.05) is 178 Å². The summed E-state index contributed by atoms with van der Waals surface area (Å²) in [5.41, 5.74) is 20.1. The van der Waals surface area contributed by atoms with Gasteiger partial charge in [0.15, 0.2) is 22.1 Å². The molecule has 0 radical (unpaired) electrons. The highest BCUT2D eigenvalue weighted by Crippen LogP contribution is 2.65. The molecule has 4 heteroatoms.